The van der Waals surface area contributed by atoms with Gasteiger partial charge in [0.05, 0.1) is 23.0 Å². The van der Waals surface area contributed by atoms with Gasteiger partial charge in [0.2, 0.25) is 0 Å². The lowest BCUT2D eigenvalue weighted by atomic mass is 10.2. The van der Waals surface area contributed by atoms with Crippen LogP contribution < -0.4 is 10.2 Å². The van der Waals surface area contributed by atoms with Gasteiger partial charge in [-0.25, -0.2) is 9.97 Å². The molecule has 0 unspecified atom stereocenters. The van der Waals surface area contributed by atoms with E-state index in [0.29, 0.717) is 11.6 Å². The zero-order chi connectivity index (χ0) is 16.8. The summed E-state index contributed by atoms with van der Waals surface area (Å²) in [6.07, 6.45) is 5.46. The molecular weight excluding hydrogens is 306 g/mol. The zero-order valence-electron chi connectivity index (χ0n) is 13.9. The number of amides is 1. The summed E-state index contributed by atoms with van der Waals surface area (Å²) in [7, 11) is 5.67. The van der Waals surface area contributed by atoms with Crippen molar-refractivity contribution in [1.82, 2.24) is 24.7 Å². The lowest BCUT2D eigenvalue weighted by Crippen LogP contribution is -2.16. The Hall–Kier alpha value is -2.90. The highest BCUT2D eigenvalue weighted by molar-refractivity contribution is 6.07. The van der Waals surface area contributed by atoms with E-state index in [1.165, 1.54) is 6.33 Å². The van der Waals surface area contributed by atoms with Crippen molar-refractivity contribution in [2.24, 2.45) is 7.05 Å². The first kappa shape index (κ1) is 14.7. The van der Waals surface area contributed by atoms with Crippen LogP contribution in [0.3, 0.4) is 0 Å². The SMILES string of the molecule is CN(C)c1ncnc2c1cc(C(=O)Nc1cn[nH]c1C1CC1)n2C. The van der Waals surface area contributed by atoms with Crippen LogP contribution in [-0.2, 0) is 7.05 Å². The number of fused-ring (bicyclic) bond motifs is 1. The standard InChI is InChI=1S/C16H19N7O/c1-22(2)14-10-6-12(23(3)15(10)18-8-17-14)16(24)20-11-7-19-21-13(11)9-4-5-9/h6-9H,4-5H2,1-3H3,(H,19,21)(H,20,24). The van der Waals surface area contributed by atoms with Crippen molar-refractivity contribution in [2.45, 2.75) is 18.8 Å². The van der Waals surface area contributed by atoms with E-state index in [-0.39, 0.29) is 5.91 Å². The van der Waals surface area contributed by atoms with E-state index >= 15 is 0 Å². The van der Waals surface area contributed by atoms with Crippen LogP contribution in [0.5, 0.6) is 0 Å². The second kappa shape index (κ2) is 5.33. The van der Waals surface area contributed by atoms with Gasteiger partial charge < -0.3 is 14.8 Å². The van der Waals surface area contributed by atoms with E-state index in [2.05, 4.69) is 25.5 Å². The lowest BCUT2D eigenvalue weighted by molar-refractivity contribution is 0.101. The Kier molecular flexibility index (Phi) is 3.26. The molecule has 1 aliphatic rings. The number of aromatic amines is 1. The number of H-pyrrole nitrogens is 1. The molecule has 2 N–H and O–H groups in total. The Morgan fingerprint density at radius 2 is 2.17 bits per heavy atom. The van der Waals surface area contributed by atoms with Crippen LogP contribution >= 0.6 is 0 Å². The van der Waals surface area contributed by atoms with E-state index in [0.717, 1.165) is 41.1 Å². The van der Waals surface area contributed by atoms with E-state index in [1.807, 2.05) is 32.1 Å². The van der Waals surface area contributed by atoms with Gasteiger partial charge in [-0.1, -0.05) is 0 Å². The van der Waals surface area contributed by atoms with Crippen molar-refractivity contribution in [3.63, 3.8) is 0 Å². The number of carbonyl (C=O) groups is 1. The van der Waals surface area contributed by atoms with Gasteiger partial charge in [-0.15, -0.1) is 0 Å². The van der Waals surface area contributed by atoms with Crippen molar-refractivity contribution in [2.75, 3.05) is 24.3 Å². The first-order valence-corrected chi connectivity index (χ1v) is 7.88. The van der Waals surface area contributed by atoms with Crippen molar-refractivity contribution >= 4 is 28.4 Å². The fourth-order valence-corrected chi connectivity index (χ4v) is 2.96. The maximum absolute atomic E-state index is 12.7. The molecule has 3 aromatic heterocycles. The fourth-order valence-electron chi connectivity index (χ4n) is 2.96. The van der Waals surface area contributed by atoms with Gasteiger partial charge in [0.1, 0.15) is 23.5 Å². The van der Waals surface area contributed by atoms with Crippen molar-refractivity contribution < 1.29 is 4.79 Å². The molecule has 3 heterocycles. The molecule has 3 aromatic rings. The second-order valence-corrected chi connectivity index (χ2v) is 6.34. The predicted molar refractivity (Wildman–Crippen MR) is 91.4 cm³/mol. The molecule has 1 amide bonds. The van der Waals surface area contributed by atoms with Crippen molar-refractivity contribution in [3.8, 4) is 0 Å². The van der Waals surface area contributed by atoms with Gasteiger partial charge in [-0.05, 0) is 18.9 Å². The third-order valence-electron chi connectivity index (χ3n) is 4.36. The highest BCUT2D eigenvalue weighted by Gasteiger charge is 2.29. The number of carbonyl (C=O) groups excluding carboxylic acids is 1. The average Bonchev–Trinajstić information content (AvgIpc) is 3.21. The number of nitrogens with one attached hydrogen (secondary N) is 2. The minimum atomic E-state index is -0.177. The van der Waals surface area contributed by atoms with Crippen LogP contribution in [0.4, 0.5) is 11.5 Å². The number of anilines is 2. The molecule has 0 atom stereocenters. The maximum Gasteiger partial charge on any atom is 0.272 e. The molecular formula is C16H19N7O. The Labute approximate surface area is 138 Å². The van der Waals surface area contributed by atoms with Gasteiger partial charge in [-0.2, -0.15) is 5.10 Å². The van der Waals surface area contributed by atoms with Gasteiger partial charge in [0, 0.05) is 27.1 Å². The molecule has 0 aliphatic heterocycles. The van der Waals surface area contributed by atoms with Crippen molar-refractivity contribution in [1.29, 1.82) is 0 Å². The first-order chi connectivity index (χ1) is 11.6. The van der Waals surface area contributed by atoms with E-state index in [1.54, 1.807) is 10.8 Å². The first-order valence-electron chi connectivity index (χ1n) is 7.88. The van der Waals surface area contributed by atoms with Gasteiger partial charge in [0.25, 0.3) is 5.91 Å². The fraction of sp³-hybridized carbons (Fsp3) is 0.375. The molecule has 1 fully saturated rings. The number of hydrogen-bond acceptors (Lipinski definition) is 5. The summed E-state index contributed by atoms with van der Waals surface area (Å²) >= 11 is 0. The van der Waals surface area contributed by atoms with E-state index in [9.17, 15) is 4.79 Å². The third-order valence-corrected chi connectivity index (χ3v) is 4.36. The molecule has 0 radical (unpaired) electrons. The van der Waals surface area contributed by atoms with Gasteiger partial charge >= 0.3 is 0 Å². The molecule has 0 saturated heterocycles. The summed E-state index contributed by atoms with van der Waals surface area (Å²) in [4.78, 5) is 23.3. The predicted octanol–water partition coefficient (Wildman–Crippen LogP) is 1.89. The third kappa shape index (κ3) is 2.31. The maximum atomic E-state index is 12.7. The quantitative estimate of drug-likeness (QED) is 0.764. The monoisotopic (exact) mass is 325 g/mol. The molecule has 1 saturated carbocycles. The molecule has 0 spiro atoms. The number of nitrogens with zero attached hydrogens (tertiary/aromatic N) is 5. The Morgan fingerprint density at radius 1 is 1.38 bits per heavy atom. The topological polar surface area (TPSA) is 91.7 Å². The lowest BCUT2D eigenvalue weighted by Gasteiger charge is -2.11. The molecule has 24 heavy (non-hydrogen) atoms. The van der Waals surface area contributed by atoms with Crippen LogP contribution in [0.2, 0.25) is 0 Å². The summed E-state index contributed by atoms with van der Waals surface area (Å²) in [6.45, 7) is 0. The highest BCUT2D eigenvalue weighted by atomic mass is 16.2. The Bertz CT molecular complexity index is 920. The molecule has 1 aliphatic carbocycles. The second-order valence-electron chi connectivity index (χ2n) is 6.34. The highest BCUT2D eigenvalue weighted by Crippen LogP contribution is 2.42. The van der Waals surface area contributed by atoms with E-state index < -0.39 is 0 Å². The Balaban J connectivity index is 1.70. The van der Waals surface area contributed by atoms with Crippen molar-refractivity contribution in [3.05, 3.63) is 30.0 Å². The van der Waals surface area contributed by atoms with Gasteiger partial charge in [-0.3, -0.25) is 9.89 Å². The summed E-state index contributed by atoms with van der Waals surface area (Å²) in [5.41, 5.74) is 3.03. The summed E-state index contributed by atoms with van der Waals surface area (Å²) in [5.74, 6) is 1.10. The minimum absolute atomic E-state index is 0.177. The number of rotatable bonds is 4. The molecule has 0 aromatic carbocycles. The molecule has 0 bridgehead atoms. The van der Waals surface area contributed by atoms with E-state index in [4.69, 9.17) is 0 Å². The largest absolute Gasteiger partial charge is 0.362 e. The summed E-state index contributed by atoms with van der Waals surface area (Å²) in [5, 5.41) is 10.9. The Morgan fingerprint density at radius 3 is 2.88 bits per heavy atom. The number of aromatic nitrogens is 5. The zero-order valence-corrected chi connectivity index (χ0v) is 13.9. The summed E-state index contributed by atoms with van der Waals surface area (Å²) in [6, 6.07) is 1.83. The van der Waals surface area contributed by atoms with Crippen LogP contribution in [0, 0.1) is 0 Å². The van der Waals surface area contributed by atoms with Crippen LogP contribution in [0.25, 0.3) is 11.0 Å². The van der Waals surface area contributed by atoms with Crippen LogP contribution in [0.1, 0.15) is 34.9 Å². The van der Waals surface area contributed by atoms with Crippen LogP contribution in [-0.4, -0.2) is 44.7 Å². The minimum Gasteiger partial charge on any atom is -0.362 e. The smallest absolute Gasteiger partial charge is 0.272 e. The van der Waals surface area contributed by atoms with Crippen LogP contribution in [0.15, 0.2) is 18.6 Å². The molecule has 8 heteroatoms. The number of hydrogen-bond donors (Lipinski definition) is 2. The molecule has 8 nitrogen and oxygen atoms in total. The average molecular weight is 325 g/mol. The number of aryl methyl sites for hydroxylation is 1. The molecule has 4 rings (SSSR count). The van der Waals surface area contributed by atoms with Gasteiger partial charge in [0.15, 0.2) is 0 Å². The molecule has 124 valence electrons. The summed E-state index contributed by atoms with van der Waals surface area (Å²) < 4.78 is 1.79. The normalized spacial score (nSPS) is 14.1.